The van der Waals surface area contributed by atoms with Gasteiger partial charge in [-0.2, -0.15) is 13.2 Å². The van der Waals surface area contributed by atoms with Crippen molar-refractivity contribution in [3.05, 3.63) is 0 Å². The number of alkyl halides is 3. The van der Waals surface area contributed by atoms with E-state index in [1.54, 1.807) is 0 Å². The first kappa shape index (κ1) is 15.6. The molecule has 1 saturated carbocycles. The number of carbonyl (C=O) groups excluding carboxylic acids is 1. The van der Waals surface area contributed by atoms with Gasteiger partial charge in [-0.3, -0.25) is 4.79 Å². The number of hydrogen-bond donors (Lipinski definition) is 2. The molecule has 6 heteroatoms. The highest BCUT2D eigenvalue weighted by Gasteiger charge is 2.42. The van der Waals surface area contributed by atoms with Crippen molar-refractivity contribution < 1.29 is 18.0 Å². The van der Waals surface area contributed by atoms with Gasteiger partial charge >= 0.3 is 6.18 Å². The third kappa shape index (κ3) is 3.65. The maximum atomic E-state index is 12.6. The van der Waals surface area contributed by atoms with Gasteiger partial charge in [0.05, 0.1) is 11.3 Å². The largest absolute Gasteiger partial charge is 0.391 e. The molecule has 2 fully saturated rings. The number of nitrogens with one attached hydrogen (secondary N) is 2. The Morgan fingerprint density at radius 1 is 1.25 bits per heavy atom. The fourth-order valence-corrected chi connectivity index (χ4v) is 3.17. The molecule has 0 aromatic rings. The molecule has 1 aliphatic carbocycles. The minimum atomic E-state index is -4.09. The third-order valence-electron chi connectivity index (χ3n) is 4.67. The zero-order valence-corrected chi connectivity index (χ0v) is 11.9. The minimum Gasteiger partial charge on any atom is -0.353 e. The summed E-state index contributed by atoms with van der Waals surface area (Å²) in [7, 11) is 0. The maximum absolute atomic E-state index is 12.6. The van der Waals surface area contributed by atoms with Gasteiger partial charge < -0.3 is 10.6 Å². The molecule has 1 heterocycles. The summed E-state index contributed by atoms with van der Waals surface area (Å²) in [6, 6.07) is -0.0974. The molecule has 1 amide bonds. The third-order valence-corrected chi connectivity index (χ3v) is 4.67. The second kappa shape index (κ2) is 5.92. The number of carbonyl (C=O) groups is 1. The molecule has 1 aliphatic heterocycles. The van der Waals surface area contributed by atoms with Gasteiger partial charge in [0.15, 0.2) is 0 Å². The van der Waals surface area contributed by atoms with E-state index in [0.717, 1.165) is 19.4 Å². The Bertz CT molecular complexity index is 343. The van der Waals surface area contributed by atoms with E-state index >= 15 is 0 Å². The predicted octanol–water partition coefficient (Wildman–Crippen LogP) is 2.61. The molecule has 2 N–H and O–H groups in total. The van der Waals surface area contributed by atoms with Crippen molar-refractivity contribution in [1.29, 1.82) is 0 Å². The Balaban J connectivity index is 1.82. The van der Waals surface area contributed by atoms with Crippen LogP contribution in [0.15, 0.2) is 0 Å². The molecule has 0 aromatic heterocycles. The maximum Gasteiger partial charge on any atom is 0.391 e. The van der Waals surface area contributed by atoms with Crippen LogP contribution in [-0.4, -0.2) is 31.2 Å². The van der Waals surface area contributed by atoms with Gasteiger partial charge in [-0.15, -0.1) is 0 Å². The number of hydrogen-bond acceptors (Lipinski definition) is 2. The molecule has 0 radical (unpaired) electrons. The molecule has 0 spiro atoms. The van der Waals surface area contributed by atoms with Crippen LogP contribution >= 0.6 is 0 Å². The van der Waals surface area contributed by atoms with E-state index in [9.17, 15) is 18.0 Å². The molecule has 116 valence electrons. The Hall–Kier alpha value is -0.780. The summed E-state index contributed by atoms with van der Waals surface area (Å²) >= 11 is 0. The molecule has 1 atom stereocenters. The molecule has 2 rings (SSSR count). The summed E-state index contributed by atoms with van der Waals surface area (Å²) in [4.78, 5) is 12.3. The van der Waals surface area contributed by atoms with Crippen LogP contribution in [0.5, 0.6) is 0 Å². The van der Waals surface area contributed by atoms with Crippen molar-refractivity contribution in [2.75, 3.05) is 13.1 Å². The van der Waals surface area contributed by atoms with E-state index in [4.69, 9.17) is 0 Å². The topological polar surface area (TPSA) is 41.1 Å². The van der Waals surface area contributed by atoms with Crippen LogP contribution < -0.4 is 10.6 Å². The highest BCUT2D eigenvalue weighted by atomic mass is 19.4. The molecule has 3 nitrogen and oxygen atoms in total. The average molecular weight is 292 g/mol. The standard InChI is InChI=1S/C14H23F3N2O/c1-13(7-2-8-18-9-13)12(20)19-11-5-3-10(4-6-11)14(15,16)17/h10-11,18H,2-9H2,1H3,(H,19,20). The van der Waals surface area contributed by atoms with Gasteiger partial charge in [0.2, 0.25) is 5.91 Å². The molecule has 20 heavy (non-hydrogen) atoms. The number of rotatable bonds is 2. The summed E-state index contributed by atoms with van der Waals surface area (Å²) in [6.45, 7) is 3.51. The van der Waals surface area contributed by atoms with E-state index in [2.05, 4.69) is 10.6 Å². The molecule has 0 aromatic carbocycles. The molecule has 1 saturated heterocycles. The van der Waals surface area contributed by atoms with E-state index < -0.39 is 17.5 Å². The first-order chi connectivity index (χ1) is 9.31. The zero-order valence-electron chi connectivity index (χ0n) is 11.9. The highest BCUT2D eigenvalue weighted by molar-refractivity contribution is 5.82. The fourth-order valence-electron chi connectivity index (χ4n) is 3.17. The molecule has 2 aliphatic rings. The van der Waals surface area contributed by atoms with Crippen molar-refractivity contribution in [3.8, 4) is 0 Å². The Kier molecular flexibility index (Phi) is 4.62. The van der Waals surface area contributed by atoms with Crippen LogP contribution in [0.4, 0.5) is 13.2 Å². The summed E-state index contributed by atoms with van der Waals surface area (Å²) < 4.78 is 37.8. The second-order valence-corrected chi connectivity index (χ2v) is 6.40. The van der Waals surface area contributed by atoms with Crippen LogP contribution in [-0.2, 0) is 4.79 Å². The Labute approximate surface area is 117 Å². The first-order valence-electron chi connectivity index (χ1n) is 7.40. The van der Waals surface area contributed by atoms with Crippen molar-refractivity contribution in [2.45, 2.75) is 57.7 Å². The van der Waals surface area contributed by atoms with Crippen LogP contribution in [0.25, 0.3) is 0 Å². The smallest absolute Gasteiger partial charge is 0.353 e. The van der Waals surface area contributed by atoms with Crippen LogP contribution in [0.3, 0.4) is 0 Å². The summed E-state index contributed by atoms with van der Waals surface area (Å²) in [5.41, 5.74) is -0.418. The van der Waals surface area contributed by atoms with Gasteiger partial charge in [-0.1, -0.05) is 0 Å². The molecular weight excluding hydrogens is 269 g/mol. The SMILES string of the molecule is CC1(C(=O)NC2CCC(C(F)(F)F)CC2)CCCNC1. The molecule has 1 unspecified atom stereocenters. The van der Waals surface area contributed by atoms with Crippen LogP contribution in [0, 0.1) is 11.3 Å². The van der Waals surface area contributed by atoms with Gasteiger partial charge in [-0.25, -0.2) is 0 Å². The quantitative estimate of drug-likeness (QED) is 0.821. The van der Waals surface area contributed by atoms with Gasteiger partial charge in [0.25, 0.3) is 0 Å². The zero-order chi connectivity index (χ0) is 14.8. The lowest BCUT2D eigenvalue weighted by atomic mass is 9.80. The van der Waals surface area contributed by atoms with E-state index in [-0.39, 0.29) is 24.8 Å². The van der Waals surface area contributed by atoms with Gasteiger partial charge in [-0.05, 0) is 52.0 Å². The van der Waals surface area contributed by atoms with E-state index in [0.29, 0.717) is 19.4 Å². The number of halogens is 3. The Morgan fingerprint density at radius 2 is 1.90 bits per heavy atom. The lowest BCUT2D eigenvalue weighted by Gasteiger charge is -2.36. The summed E-state index contributed by atoms with van der Waals surface area (Å²) in [5, 5.41) is 6.17. The molecule has 0 bridgehead atoms. The van der Waals surface area contributed by atoms with E-state index in [1.807, 2.05) is 6.92 Å². The summed E-state index contributed by atoms with van der Waals surface area (Å²) in [6.07, 6.45) is -1.17. The minimum absolute atomic E-state index is 0.0137. The fraction of sp³-hybridized carbons (Fsp3) is 0.929. The number of amides is 1. The lowest BCUT2D eigenvalue weighted by Crippen LogP contribution is -2.52. The highest BCUT2D eigenvalue weighted by Crippen LogP contribution is 2.37. The average Bonchev–Trinajstić information content (AvgIpc) is 2.39. The van der Waals surface area contributed by atoms with Gasteiger partial charge in [0, 0.05) is 12.6 Å². The molecular formula is C14H23F3N2O. The monoisotopic (exact) mass is 292 g/mol. The number of piperidine rings is 1. The predicted molar refractivity (Wildman–Crippen MR) is 70.2 cm³/mol. The normalized spacial score (nSPS) is 35.6. The van der Waals surface area contributed by atoms with Crippen molar-refractivity contribution >= 4 is 5.91 Å². The van der Waals surface area contributed by atoms with E-state index in [1.165, 1.54) is 0 Å². The van der Waals surface area contributed by atoms with Crippen LogP contribution in [0.2, 0.25) is 0 Å². The van der Waals surface area contributed by atoms with Crippen molar-refractivity contribution in [1.82, 2.24) is 10.6 Å². The lowest BCUT2D eigenvalue weighted by molar-refractivity contribution is -0.182. The van der Waals surface area contributed by atoms with Crippen molar-refractivity contribution in [3.63, 3.8) is 0 Å². The Morgan fingerprint density at radius 3 is 2.40 bits per heavy atom. The first-order valence-corrected chi connectivity index (χ1v) is 7.40. The summed E-state index contributed by atoms with van der Waals surface area (Å²) in [5.74, 6) is -1.21. The van der Waals surface area contributed by atoms with Crippen LogP contribution in [0.1, 0.15) is 45.4 Å². The van der Waals surface area contributed by atoms with Gasteiger partial charge in [0.1, 0.15) is 0 Å². The second-order valence-electron chi connectivity index (χ2n) is 6.40. The van der Waals surface area contributed by atoms with Crippen molar-refractivity contribution in [2.24, 2.45) is 11.3 Å².